The zero-order valence-corrected chi connectivity index (χ0v) is 17.9. The van der Waals surface area contributed by atoms with Crippen LogP contribution in [0.25, 0.3) is 0 Å². The first-order valence-electron chi connectivity index (χ1n) is 10.6. The Balaban J connectivity index is 1.62. The number of fused-ring (bicyclic) bond motifs is 1. The highest BCUT2D eigenvalue weighted by Crippen LogP contribution is 2.25. The van der Waals surface area contributed by atoms with Crippen LogP contribution in [0, 0.1) is 11.3 Å². The number of carbonyl (C=O) groups excluding carboxylic acids is 2. The first kappa shape index (κ1) is 22.1. The molecule has 3 rings (SSSR count). The molecule has 0 aromatic heterocycles. The lowest BCUT2D eigenvalue weighted by molar-refractivity contribution is -0.117. The van der Waals surface area contributed by atoms with Gasteiger partial charge in [0, 0.05) is 11.9 Å². The molecule has 2 aromatic rings. The summed E-state index contributed by atoms with van der Waals surface area (Å²) in [4.78, 5) is 24.3. The minimum absolute atomic E-state index is 0.0284. The van der Waals surface area contributed by atoms with Crippen LogP contribution in [0.1, 0.15) is 59.8 Å². The van der Waals surface area contributed by atoms with Crippen molar-refractivity contribution in [3.05, 3.63) is 76.5 Å². The van der Waals surface area contributed by atoms with Crippen molar-refractivity contribution in [2.45, 2.75) is 45.6 Å². The standard InChI is InChI=1S/C25H27N3O3/c1-3-31-25(30)19-10-12-23(13-11-19)27-16-22(15-26)24(29)28-17(2)20-9-8-18-6-4-5-7-21(18)14-20/h8-14,16-17,27H,3-7H2,1-2H3,(H,28,29)/b22-16-. The van der Waals surface area contributed by atoms with Gasteiger partial charge in [-0.1, -0.05) is 18.2 Å². The van der Waals surface area contributed by atoms with E-state index in [0.29, 0.717) is 17.9 Å². The summed E-state index contributed by atoms with van der Waals surface area (Å²) in [6, 6.07) is 14.7. The van der Waals surface area contributed by atoms with Gasteiger partial charge < -0.3 is 15.4 Å². The van der Waals surface area contributed by atoms with Gasteiger partial charge in [0.05, 0.1) is 18.2 Å². The van der Waals surface area contributed by atoms with E-state index in [0.717, 1.165) is 18.4 Å². The number of carbonyl (C=O) groups is 2. The van der Waals surface area contributed by atoms with Crippen molar-refractivity contribution in [2.24, 2.45) is 0 Å². The molecule has 0 spiro atoms. The molecule has 0 radical (unpaired) electrons. The van der Waals surface area contributed by atoms with E-state index in [1.54, 1.807) is 31.2 Å². The molecular weight excluding hydrogens is 390 g/mol. The SMILES string of the molecule is CCOC(=O)c1ccc(N/C=C(/C#N)C(=O)NC(C)c2ccc3c(c2)CCCC3)cc1. The van der Waals surface area contributed by atoms with Crippen LogP contribution in [-0.2, 0) is 22.4 Å². The van der Waals surface area contributed by atoms with Gasteiger partial charge >= 0.3 is 5.97 Å². The van der Waals surface area contributed by atoms with Gasteiger partial charge in [0.15, 0.2) is 0 Å². The number of nitrogens with zero attached hydrogens (tertiary/aromatic N) is 1. The molecule has 2 aromatic carbocycles. The number of ether oxygens (including phenoxy) is 1. The third-order valence-corrected chi connectivity index (χ3v) is 5.36. The second kappa shape index (κ2) is 10.4. The molecule has 1 aliphatic carbocycles. The van der Waals surface area contributed by atoms with Crippen LogP contribution in [0.15, 0.2) is 54.2 Å². The molecule has 0 saturated carbocycles. The molecule has 0 aliphatic heterocycles. The Hall–Kier alpha value is -3.59. The Kier molecular flexibility index (Phi) is 7.45. The highest BCUT2D eigenvalue weighted by molar-refractivity contribution is 5.97. The van der Waals surface area contributed by atoms with Crippen molar-refractivity contribution in [2.75, 3.05) is 11.9 Å². The van der Waals surface area contributed by atoms with Gasteiger partial charge in [-0.25, -0.2) is 4.79 Å². The summed E-state index contributed by atoms with van der Waals surface area (Å²) in [5, 5.41) is 15.2. The Morgan fingerprint density at radius 3 is 2.52 bits per heavy atom. The summed E-state index contributed by atoms with van der Waals surface area (Å²) in [5.41, 5.74) is 4.84. The van der Waals surface area contributed by atoms with Gasteiger partial charge in [0.25, 0.3) is 5.91 Å². The van der Waals surface area contributed by atoms with Gasteiger partial charge in [-0.15, -0.1) is 0 Å². The lowest BCUT2D eigenvalue weighted by Gasteiger charge is -2.20. The molecule has 1 atom stereocenters. The maximum absolute atomic E-state index is 12.6. The van der Waals surface area contributed by atoms with Crippen molar-refractivity contribution >= 4 is 17.6 Å². The maximum Gasteiger partial charge on any atom is 0.338 e. The third kappa shape index (κ3) is 5.73. The summed E-state index contributed by atoms with van der Waals surface area (Å²) in [6.45, 7) is 3.98. The van der Waals surface area contributed by atoms with Gasteiger partial charge in [0.1, 0.15) is 11.6 Å². The number of rotatable bonds is 7. The number of benzene rings is 2. The number of hydrogen-bond acceptors (Lipinski definition) is 5. The predicted molar refractivity (Wildman–Crippen MR) is 119 cm³/mol. The van der Waals surface area contributed by atoms with E-state index < -0.39 is 11.9 Å². The summed E-state index contributed by atoms with van der Waals surface area (Å²) in [5.74, 6) is -0.832. The predicted octanol–water partition coefficient (Wildman–Crippen LogP) is 4.44. The van der Waals surface area contributed by atoms with Crippen LogP contribution in [0.5, 0.6) is 0 Å². The molecule has 0 saturated heterocycles. The summed E-state index contributed by atoms with van der Waals surface area (Å²) >= 11 is 0. The van der Waals surface area contributed by atoms with Gasteiger partial charge in [-0.05, 0) is 80.5 Å². The largest absolute Gasteiger partial charge is 0.462 e. The Morgan fingerprint density at radius 1 is 1.13 bits per heavy atom. The van der Waals surface area contributed by atoms with Gasteiger partial charge in [0.2, 0.25) is 0 Å². The topological polar surface area (TPSA) is 91.2 Å². The van der Waals surface area contributed by atoms with Crippen molar-refractivity contribution < 1.29 is 14.3 Å². The van der Waals surface area contributed by atoms with Crippen LogP contribution in [0.4, 0.5) is 5.69 Å². The van der Waals surface area contributed by atoms with Crippen LogP contribution >= 0.6 is 0 Å². The average molecular weight is 418 g/mol. The number of hydrogen-bond donors (Lipinski definition) is 2. The molecule has 0 fully saturated rings. The summed E-state index contributed by atoms with van der Waals surface area (Å²) in [6.07, 6.45) is 5.99. The number of aryl methyl sites for hydroxylation is 2. The second-order valence-electron chi connectivity index (χ2n) is 7.54. The van der Waals surface area contributed by atoms with Crippen LogP contribution in [-0.4, -0.2) is 18.5 Å². The average Bonchev–Trinajstić information content (AvgIpc) is 2.79. The lowest BCUT2D eigenvalue weighted by atomic mass is 9.89. The molecule has 31 heavy (non-hydrogen) atoms. The first-order chi connectivity index (χ1) is 15.0. The van der Waals surface area contributed by atoms with E-state index in [9.17, 15) is 14.9 Å². The van der Waals surface area contributed by atoms with Crippen molar-refractivity contribution in [3.63, 3.8) is 0 Å². The number of esters is 1. The molecule has 1 unspecified atom stereocenters. The molecule has 0 heterocycles. The molecular formula is C25H27N3O3. The van der Waals surface area contributed by atoms with Gasteiger partial charge in [-0.2, -0.15) is 5.26 Å². The Bertz CT molecular complexity index is 1020. The fourth-order valence-corrected chi connectivity index (χ4v) is 3.60. The normalized spacial score (nSPS) is 14.0. The fraction of sp³-hybridized carbons (Fsp3) is 0.320. The minimum Gasteiger partial charge on any atom is -0.462 e. The quantitative estimate of drug-likeness (QED) is 0.395. The first-order valence-corrected chi connectivity index (χ1v) is 10.6. The van der Waals surface area contributed by atoms with E-state index in [1.165, 1.54) is 30.2 Å². The maximum atomic E-state index is 12.6. The van der Waals surface area contributed by atoms with Gasteiger partial charge in [-0.3, -0.25) is 4.79 Å². The molecule has 1 amide bonds. The monoisotopic (exact) mass is 417 g/mol. The highest BCUT2D eigenvalue weighted by Gasteiger charge is 2.16. The highest BCUT2D eigenvalue weighted by atomic mass is 16.5. The zero-order chi connectivity index (χ0) is 22.2. The Morgan fingerprint density at radius 2 is 1.84 bits per heavy atom. The van der Waals surface area contributed by atoms with Crippen molar-refractivity contribution in [3.8, 4) is 6.07 Å². The third-order valence-electron chi connectivity index (χ3n) is 5.36. The van der Waals surface area contributed by atoms with E-state index >= 15 is 0 Å². The second-order valence-corrected chi connectivity index (χ2v) is 7.54. The van der Waals surface area contributed by atoms with Crippen LogP contribution < -0.4 is 10.6 Å². The minimum atomic E-state index is -0.441. The van der Waals surface area contributed by atoms with E-state index in [2.05, 4.69) is 22.8 Å². The fourth-order valence-electron chi connectivity index (χ4n) is 3.60. The smallest absolute Gasteiger partial charge is 0.338 e. The zero-order valence-electron chi connectivity index (χ0n) is 17.9. The molecule has 6 nitrogen and oxygen atoms in total. The molecule has 6 heteroatoms. The molecule has 2 N–H and O–H groups in total. The van der Waals surface area contributed by atoms with Crippen LogP contribution in [0.3, 0.4) is 0 Å². The molecule has 1 aliphatic rings. The van der Waals surface area contributed by atoms with Crippen LogP contribution in [0.2, 0.25) is 0 Å². The molecule has 160 valence electrons. The van der Waals surface area contributed by atoms with E-state index in [1.807, 2.05) is 19.1 Å². The van der Waals surface area contributed by atoms with E-state index in [-0.39, 0.29) is 11.6 Å². The summed E-state index contributed by atoms with van der Waals surface area (Å²) in [7, 11) is 0. The number of nitriles is 1. The number of amides is 1. The lowest BCUT2D eigenvalue weighted by Crippen LogP contribution is -2.28. The Labute approximate surface area is 182 Å². The number of nitrogens with one attached hydrogen (secondary N) is 2. The number of anilines is 1. The van der Waals surface area contributed by atoms with Crippen molar-refractivity contribution in [1.82, 2.24) is 5.32 Å². The van der Waals surface area contributed by atoms with E-state index in [4.69, 9.17) is 4.74 Å². The van der Waals surface area contributed by atoms with Crippen molar-refractivity contribution in [1.29, 1.82) is 5.26 Å². The molecule has 0 bridgehead atoms. The summed E-state index contributed by atoms with van der Waals surface area (Å²) < 4.78 is 4.95.